The van der Waals surface area contributed by atoms with Crippen molar-refractivity contribution < 1.29 is 19.1 Å². The normalized spacial score (nSPS) is 10.4. The Morgan fingerprint density at radius 2 is 1.93 bits per heavy atom. The zero-order valence-electron chi connectivity index (χ0n) is 16.3. The molecule has 29 heavy (non-hydrogen) atoms. The van der Waals surface area contributed by atoms with E-state index in [2.05, 4.69) is 10.3 Å². The number of esters is 1. The molecule has 0 aliphatic heterocycles. The highest BCUT2D eigenvalue weighted by molar-refractivity contribution is 7.09. The van der Waals surface area contributed by atoms with E-state index in [1.54, 1.807) is 36.8 Å². The Hall–Kier alpha value is -3.19. The number of rotatable bonds is 8. The first-order chi connectivity index (χ1) is 14.1. The SMILES string of the molecule is CCCOC(=O)c1cccc(NC(=O)c2csc(Cc3ccc(OC)cc3)n2)c1. The number of amides is 1. The van der Waals surface area contributed by atoms with Crippen molar-refractivity contribution in [3.05, 3.63) is 75.7 Å². The number of thiazole rings is 1. The lowest BCUT2D eigenvalue weighted by Crippen LogP contribution is -2.13. The predicted octanol–water partition coefficient (Wildman–Crippen LogP) is 4.56. The first-order valence-electron chi connectivity index (χ1n) is 9.25. The van der Waals surface area contributed by atoms with E-state index in [-0.39, 0.29) is 5.91 Å². The van der Waals surface area contributed by atoms with Crippen LogP contribution in [-0.4, -0.2) is 30.6 Å². The van der Waals surface area contributed by atoms with E-state index in [4.69, 9.17) is 9.47 Å². The molecule has 6 nitrogen and oxygen atoms in total. The molecule has 1 N–H and O–H groups in total. The van der Waals surface area contributed by atoms with Crippen molar-refractivity contribution in [2.24, 2.45) is 0 Å². The standard InChI is InChI=1S/C22H22N2O4S/c1-3-11-28-22(26)16-5-4-6-17(13-16)23-21(25)19-14-29-20(24-19)12-15-7-9-18(27-2)10-8-15/h4-10,13-14H,3,11-12H2,1-2H3,(H,23,25). The molecule has 0 radical (unpaired) electrons. The minimum Gasteiger partial charge on any atom is -0.497 e. The van der Waals surface area contributed by atoms with Crippen LogP contribution in [0.15, 0.2) is 53.9 Å². The lowest BCUT2D eigenvalue weighted by Gasteiger charge is -2.06. The van der Waals surface area contributed by atoms with Gasteiger partial charge in [0.25, 0.3) is 5.91 Å². The van der Waals surface area contributed by atoms with Gasteiger partial charge in [0.2, 0.25) is 0 Å². The van der Waals surface area contributed by atoms with Gasteiger partial charge in [-0.2, -0.15) is 0 Å². The van der Waals surface area contributed by atoms with Gasteiger partial charge in [0.1, 0.15) is 11.4 Å². The van der Waals surface area contributed by atoms with Crippen molar-refractivity contribution in [1.82, 2.24) is 4.98 Å². The van der Waals surface area contributed by atoms with Crippen LogP contribution in [0.5, 0.6) is 5.75 Å². The number of nitrogens with one attached hydrogen (secondary N) is 1. The molecule has 0 bridgehead atoms. The second-order valence-electron chi connectivity index (χ2n) is 6.32. The van der Waals surface area contributed by atoms with Crippen LogP contribution < -0.4 is 10.1 Å². The first kappa shape index (κ1) is 20.5. The fourth-order valence-electron chi connectivity index (χ4n) is 2.61. The number of ether oxygens (including phenoxy) is 2. The van der Waals surface area contributed by atoms with Crippen molar-refractivity contribution in [2.75, 3.05) is 19.0 Å². The Morgan fingerprint density at radius 3 is 2.66 bits per heavy atom. The summed E-state index contributed by atoms with van der Waals surface area (Å²) in [7, 11) is 1.63. The predicted molar refractivity (Wildman–Crippen MR) is 113 cm³/mol. The van der Waals surface area contributed by atoms with Gasteiger partial charge in [-0.15, -0.1) is 11.3 Å². The Morgan fingerprint density at radius 1 is 1.14 bits per heavy atom. The van der Waals surface area contributed by atoms with Crippen LogP contribution >= 0.6 is 11.3 Å². The number of nitrogens with zero attached hydrogens (tertiary/aromatic N) is 1. The molecule has 7 heteroatoms. The van der Waals surface area contributed by atoms with Crippen LogP contribution in [0.2, 0.25) is 0 Å². The third-order valence-electron chi connectivity index (χ3n) is 4.09. The number of carbonyl (C=O) groups is 2. The summed E-state index contributed by atoms with van der Waals surface area (Å²) in [4.78, 5) is 28.9. The number of methoxy groups -OCH3 is 1. The Labute approximate surface area is 173 Å². The zero-order valence-corrected chi connectivity index (χ0v) is 17.1. The molecular weight excluding hydrogens is 388 g/mol. The van der Waals surface area contributed by atoms with Crippen LogP contribution in [-0.2, 0) is 11.2 Å². The summed E-state index contributed by atoms with van der Waals surface area (Å²) < 4.78 is 10.3. The summed E-state index contributed by atoms with van der Waals surface area (Å²) in [6, 6.07) is 14.4. The first-order valence-corrected chi connectivity index (χ1v) is 10.1. The van der Waals surface area contributed by atoms with Gasteiger partial charge in [-0.3, -0.25) is 4.79 Å². The maximum Gasteiger partial charge on any atom is 0.338 e. The largest absolute Gasteiger partial charge is 0.497 e. The van der Waals surface area contributed by atoms with Gasteiger partial charge in [0.15, 0.2) is 0 Å². The summed E-state index contributed by atoms with van der Waals surface area (Å²) in [5.41, 5.74) is 2.35. The summed E-state index contributed by atoms with van der Waals surface area (Å²) in [6.07, 6.45) is 1.39. The van der Waals surface area contributed by atoms with Crippen molar-refractivity contribution in [2.45, 2.75) is 19.8 Å². The summed E-state index contributed by atoms with van der Waals surface area (Å²) in [5, 5.41) is 5.36. The molecule has 1 heterocycles. The summed E-state index contributed by atoms with van der Waals surface area (Å²) >= 11 is 1.43. The van der Waals surface area contributed by atoms with E-state index in [1.165, 1.54) is 11.3 Å². The number of hydrogen-bond donors (Lipinski definition) is 1. The molecule has 0 saturated heterocycles. The van der Waals surface area contributed by atoms with E-state index in [0.717, 1.165) is 22.7 Å². The Kier molecular flexibility index (Phi) is 6.97. The highest BCUT2D eigenvalue weighted by Gasteiger charge is 2.13. The van der Waals surface area contributed by atoms with Crippen molar-refractivity contribution in [3.8, 4) is 5.75 Å². The number of anilines is 1. The highest BCUT2D eigenvalue weighted by atomic mass is 32.1. The maximum absolute atomic E-state index is 12.5. The molecule has 0 fully saturated rings. The van der Waals surface area contributed by atoms with Crippen LogP contribution in [0.4, 0.5) is 5.69 Å². The van der Waals surface area contributed by atoms with Crippen LogP contribution in [0, 0.1) is 0 Å². The second kappa shape index (κ2) is 9.84. The van der Waals surface area contributed by atoms with Gasteiger partial charge < -0.3 is 14.8 Å². The molecule has 150 valence electrons. The van der Waals surface area contributed by atoms with Crippen molar-refractivity contribution >= 4 is 28.9 Å². The van der Waals surface area contributed by atoms with Gasteiger partial charge in [0, 0.05) is 17.5 Å². The molecule has 0 saturated carbocycles. The molecular formula is C22H22N2O4S. The lowest BCUT2D eigenvalue weighted by molar-refractivity contribution is 0.0505. The smallest absolute Gasteiger partial charge is 0.338 e. The zero-order chi connectivity index (χ0) is 20.6. The van der Waals surface area contributed by atoms with Gasteiger partial charge in [-0.05, 0) is 42.3 Å². The number of benzene rings is 2. The number of aromatic nitrogens is 1. The molecule has 2 aromatic carbocycles. The molecule has 1 aromatic heterocycles. The minimum absolute atomic E-state index is 0.318. The van der Waals surface area contributed by atoms with Gasteiger partial charge >= 0.3 is 5.97 Å². The molecule has 3 aromatic rings. The van der Waals surface area contributed by atoms with E-state index < -0.39 is 5.97 Å². The van der Waals surface area contributed by atoms with Crippen molar-refractivity contribution in [1.29, 1.82) is 0 Å². The molecule has 0 atom stereocenters. The fourth-order valence-corrected chi connectivity index (χ4v) is 3.42. The molecule has 0 aliphatic rings. The highest BCUT2D eigenvalue weighted by Crippen LogP contribution is 2.19. The third-order valence-corrected chi connectivity index (χ3v) is 4.94. The number of carbonyl (C=O) groups excluding carboxylic acids is 2. The Bertz CT molecular complexity index is 982. The molecule has 3 rings (SSSR count). The van der Waals surface area contributed by atoms with Gasteiger partial charge in [-0.1, -0.05) is 25.1 Å². The van der Waals surface area contributed by atoms with Crippen LogP contribution in [0.1, 0.15) is 44.8 Å². The van der Waals surface area contributed by atoms with Crippen LogP contribution in [0.25, 0.3) is 0 Å². The molecule has 0 aliphatic carbocycles. The van der Waals surface area contributed by atoms with E-state index >= 15 is 0 Å². The average Bonchev–Trinajstić information content (AvgIpc) is 3.21. The second-order valence-corrected chi connectivity index (χ2v) is 7.26. The summed E-state index contributed by atoms with van der Waals surface area (Å²) in [6.45, 7) is 2.30. The molecule has 1 amide bonds. The third kappa shape index (κ3) is 5.65. The number of hydrogen-bond acceptors (Lipinski definition) is 6. The van der Waals surface area contributed by atoms with E-state index in [1.807, 2.05) is 31.2 Å². The lowest BCUT2D eigenvalue weighted by atomic mass is 10.1. The average molecular weight is 410 g/mol. The minimum atomic E-state index is -0.404. The monoisotopic (exact) mass is 410 g/mol. The van der Waals surface area contributed by atoms with Crippen molar-refractivity contribution in [3.63, 3.8) is 0 Å². The quantitative estimate of drug-likeness (QED) is 0.551. The summed E-state index contributed by atoms with van der Waals surface area (Å²) in [5.74, 6) is 0.0773. The molecule has 0 spiro atoms. The van der Waals surface area contributed by atoms with Gasteiger partial charge in [-0.25, -0.2) is 9.78 Å². The molecule has 0 unspecified atom stereocenters. The maximum atomic E-state index is 12.5. The Balaban J connectivity index is 1.63. The fraction of sp³-hybridized carbons (Fsp3) is 0.227. The van der Waals surface area contributed by atoms with E-state index in [9.17, 15) is 9.59 Å². The van der Waals surface area contributed by atoms with Gasteiger partial charge in [0.05, 0.1) is 24.3 Å². The van der Waals surface area contributed by atoms with E-state index in [0.29, 0.717) is 30.0 Å². The van der Waals surface area contributed by atoms with Crippen LogP contribution in [0.3, 0.4) is 0 Å². The topological polar surface area (TPSA) is 77.5 Å².